The van der Waals surface area contributed by atoms with E-state index in [1.54, 1.807) is 38.3 Å². The van der Waals surface area contributed by atoms with Gasteiger partial charge in [0.25, 0.3) is 5.91 Å². The van der Waals surface area contributed by atoms with E-state index in [9.17, 15) is 4.79 Å². The number of carbonyl (C=O) groups excluding carboxylic acids is 1. The average molecular weight is 519 g/mol. The van der Waals surface area contributed by atoms with Crippen LogP contribution in [0.3, 0.4) is 0 Å². The van der Waals surface area contributed by atoms with Crippen LogP contribution in [-0.4, -0.2) is 71.4 Å². The number of benzene rings is 1. The summed E-state index contributed by atoms with van der Waals surface area (Å²) in [6.45, 7) is 2.08. The number of anilines is 1. The van der Waals surface area contributed by atoms with Gasteiger partial charge in [0, 0.05) is 60.2 Å². The van der Waals surface area contributed by atoms with Crippen LogP contribution in [0.1, 0.15) is 27.9 Å². The molecule has 37 heavy (non-hydrogen) atoms. The largest absolute Gasteiger partial charge is 0.496 e. The smallest absolute Gasteiger partial charge is 0.251 e. The minimum atomic E-state index is -0.139. The van der Waals surface area contributed by atoms with Crippen molar-refractivity contribution >= 4 is 34.5 Å². The first-order valence-electron chi connectivity index (χ1n) is 12.1. The van der Waals surface area contributed by atoms with Gasteiger partial charge >= 0.3 is 0 Å². The van der Waals surface area contributed by atoms with Crippen LogP contribution in [0.15, 0.2) is 55.1 Å². The van der Waals surface area contributed by atoms with E-state index in [-0.39, 0.29) is 11.8 Å². The molecule has 5 rings (SSSR count). The van der Waals surface area contributed by atoms with Crippen LogP contribution in [0.4, 0.5) is 5.82 Å². The number of ether oxygens (including phenoxy) is 2. The van der Waals surface area contributed by atoms with Crippen molar-refractivity contribution in [2.75, 3.05) is 51.2 Å². The Kier molecular flexibility index (Phi) is 7.57. The standard InChI is InChI=1S/C27H30N6O3S/c1-28-27(34)17-4-5-20(24(10-17)35-2)18(15-37-3)12-30-25-11-23(31-16-32-25)21-6-8-29-26-22(21)7-9-33(26)19-13-36-14-19/h4-11,16,18-19H,12-15H2,1-3H3,(H,28,34)(H,30,31,32). The van der Waals surface area contributed by atoms with Crippen molar-refractivity contribution in [1.29, 1.82) is 0 Å². The minimum Gasteiger partial charge on any atom is -0.496 e. The summed E-state index contributed by atoms with van der Waals surface area (Å²) in [7, 11) is 3.25. The van der Waals surface area contributed by atoms with Crippen LogP contribution < -0.4 is 15.4 Å². The lowest BCUT2D eigenvalue weighted by molar-refractivity contribution is -0.0216. The number of methoxy groups -OCH3 is 1. The molecule has 1 saturated heterocycles. The molecule has 9 nitrogen and oxygen atoms in total. The Labute approximate surface area is 220 Å². The maximum atomic E-state index is 12.1. The zero-order valence-electron chi connectivity index (χ0n) is 21.1. The van der Waals surface area contributed by atoms with Gasteiger partial charge in [0.2, 0.25) is 0 Å². The lowest BCUT2D eigenvalue weighted by Gasteiger charge is -2.27. The van der Waals surface area contributed by atoms with Gasteiger partial charge in [-0.1, -0.05) is 6.07 Å². The Morgan fingerprint density at radius 2 is 2.08 bits per heavy atom. The third-order valence-corrected chi connectivity index (χ3v) is 7.37. The van der Waals surface area contributed by atoms with Gasteiger partial charge in [0.05, 0.1) is 32.1 Å². The summed E-state index contributed by atoms with van der Waals surface area (Å²) in [5.41, 5.74) is 4.40. The Bertz CT molecular complexity index is 1400. The molecule has 10 heteroatoms. The molecule has 3 aromatic heterocycles. The fourth-order valence-corrected chi connectivity index (χ4v) is 5.28. The van der Waals surface area contributed by atoms with Gasteiger partial charge < -0.3 is 24.7 Å². The van der Waals surface area contributed by atoms with Crippen molar-refractivity contribution in [3.63, 3.8) is 0 Å². The highest BCUT2D eigenvalue weighted by molar-refractivity contribution is 7.98. The molecular formula is C27H30N6O3S. The van der Waals surface area contributed by atoms with Crippen LogP contribution in [-0.2, 0) is 4.74 Å². The van der Waals surface area contributed by atoms with E-state index in [0.717, 1.165) is 39.4 Å². The molecule has 4 heterocycles. The number of carbonyl (C=O) groups is 1. The molecule has 0 radical (unpaired) electrons. The molecular weight excluding hydrogens is 488 g/mol. The summed E-state index contributed by atoms with van der Waals surface area (Å²) in [6.07, 6.45) is 7.57. The number of thioether (sulfide) groups is 1. The molecule has 192 valence electrons. The maximum absolute atomic E-state index is 12.1. The normalized spacial score (nSPS) is 14.2. The van der Waals surface area contributed by atoms with Crippen molar-refractivity contribution in [1.82, 2.24) is 24.8 Å². The number of pyridine rings is 1. The van der Waals surface area contributed by atoms with Gasteiger partial charge in [0.1, 0.15) is 23.5 Å². The van der Waals surface area contributed by atoms with Crippen molar-refractivity contribution in [2.24, 2.45) is 0 Å². The van der Waals surface area contributed by atoms with Crippen molar-refractivity contribution < 1.29 is 14.3 Å². The molecule has 0 aliphatic carbocycles. The summed E-state index contributed by atoms with van der Waals surface area (Å²) >= 11 is 1.76. The second kappa shape index (κ2) is 11.2. The average Bonchev–Trinajstić information content (AvgIpc) is 3.33. The lowest BCUT2D eigenvalue weighted by Crippen LogP contribution is -2.30. The van der Waals surface area contributed by atoms with Crippen LogP contribution >= 0.6 is 11.8 Å². The van der Waals surface area contributed by atoms with Gasteiger partial charge in [-0.3, -0.25) is 4.79 Å². The number of nitrogens with one attached hydrogen (secondary N) is 2. The summed E-state index contributed by atoms with van der Waals surface area (Å²) in [5.74, 6) is 2.33. The highest BCUT2D eigenvalue weighted by Crippen LogP contribution is 2.32. The van der Waals surface area contributed by atoms with Crippen LogP contribution in [0.5, 0.6) is 5.75 Å². The van der Waals surface area contributed by atoms with Crippen LogP contribution in [0.25, 0.3) is 22.3 Å². The Balaban J connectivity index is 1.38. The first-order valence-corrected chi connectivity index (χ1v) is 13.5. The predicted octanol–water partition coefficient (Wildman–Crippen LogP) is 3.99. The fraction of sp³-hybridized carbons (Fsp3) is 0.333. The number of aromatic nitrogens is 4. The maximum Gasteiger partial charge on any atom is 0.251 e. The number of hydrogen-bond acceptors (Lipinski definition) is 8. The van der Waals surface area contributed by atoms with E-state index in [1.165, 1.54) is 0 Å². The highest BCUT2D eigenvalue weighted by Gasteiger charge is 2.23. The summed E-state index contributed by atoms with van der Waals surface area (Å²) < 4.78 is 13.2. The van der Waals surface area contributed by atoms with Gasteiger partial charge in [-0.15, -0.1) is 0 Å². The van der Waals surface area contributed by atoms with E-state index in [1.807, 2.05) is 30.5 Å². The third-order valence-electron chi connectivity index (χ3n) is 6.63. The molecule has 0 bridgehead atoms. The molecule has 4 aromatic rings. The first kappa shape index (κ1) is 25.0. The Morgan fingerprint density at radius 1 is 1.22 bits per heavy atom. The SMILES string of the molecule is CNC(=O)c1ccc(C(CNc2cc(-c3ccnc4c3ccn4C3COC3)ncn2)CSC)c(OC)c1. The number of amides is 1. The minimum absolute atomic E-state index is 0.139. The van der Waals surface area contributed by atoms with Gasteiger partial charge in [-0.25, -0.2) is 15.0 Å². The monoisotopic (exact) mass is 518 g/mol. The highest BCUT2D eigenvalue weighted by atomic mass is 32.2. The van der Waals surface area contributed by atoms with Gasteiger partial charge in [-0.2, -0.15) is 11.8 Å². The first-order chi connectivity index (χ1) is 18.1. The van der Waals surface area contributed by atoms with Crippen LogP contribution in [0.2, 0.25) is 0 Å². The number of rotatable bonds is 10. The topological polar surface area (TPSA) is 103 Å². The van der Waals surface area contributed by atoms with Gasteiger partial charge in [0.15, 0.2) is 0 Å². The molecule has 1 atom stereocenters. The van der Waals surface area contributed by atoms with E-state index < -0.39 is 0 Å². The van der Waals surface area contributed by atoms with E-state index in [2.05, 4.69) is 48.7 Å². The van der Waals surface area contributed by atoms with Crippen LogP contribution in [0, 0.1) is 0 Å². The molecule has 0 saturated carbocycles. The second-order valence-electron chi connectivity index (χ2n) is 8.87. The van der Waals surface area contributed by atoms with Crippen molar-refractivity contribution in [3.05, 3.63) is 66.2 Å². The number of hydrogen-bond donors (Lipinski definition) is 2. The molecule has 1 amide bonds. The molecule has 1 aromatic carbocycles. The van der Waals surface area contributed by atoms with E-state index in [4.69, 9.17) is 9.47 Å². The van der Waals surface area contributed by atoms with Crippen molar-refractivity contribution in [2.45, 2.75) is 12.0 Å². The molecule has 1 aliphatic heterocycles. The van der Waals surface area contributed by atoms with E-state index >= 15 is 0 Å². The van der Waals surface area contributed by atoms with Gasteiger partial charge in [-0.05, 0) is 36.1 Å². The summed E-state index contributed by atoms with van der Waals surface area (Å²) in [4.78, 5) is 25.7. The molecule has 1 unspecified atom stereocenters. The lowest BCUT2D eigenvalue weighted by atomic mass is 9.97. The zero-order valence-corrected chi connectivity index (χ0v) is 21.9. The number of nitrogens with zero attached hydrogens (tertiary/aromatic N) is 4. The predicted molar refractivity (Wildman–Crippen MR) is 147 cm³/mol. The Hall–Kier alpha value is -3.63. The fourth-order valence-electron chi connectivity index (χ4n) is 4.58. The van der Waals surface area contributed by atoms with E-state index in [0.29, 0.717) is 37.1 Å². The number of fused-ring (bicyclic) bond motifs is 1. The van der Waals surface area contributed by atoms with Crippen molar-refractivity contribution in [3.8, 4) is 17.0 Å². The molecule has 1 aliphatic rings. The quantitative estimate of drug-likeness (QED) is 0.325. The summed E-state index contributed by atoms with van der Waals surface area (Å²) in [5, 5.41) is 7.21. The zero-order chi connectivity index (χ0) is 25.8. The molecule has 2 N–H and O–H groups in total. The molecule has 1 fully saturated rings. The Morgan fingerprint density at radius 3 is 2.81 bits per heavy atom. The second-order valence-corrected chi connectivity index (χ2v) is 9.78. The summed E-state index contributed by atoms with van der Waals surface area (Å²) in [6, 6.07) is 12.0. The third kappa shape index (κ3) is 5.12. The molecule has 0 spiro atoms.